The molecule has 1 saturated heterocycles. The molecule has 2 heterocycles. The van der Waals surface area contributed by atoms with Crippen LogP contribution in [0.15, 0.2) is 48.7 Å². The van der Waals surface area contributed by atoms with Crippen LogP contribution in [0.1, 0.15) is 10.4 Å². The maximum absolute atomic E-state index is 13.1. The van der Waals surface area contributed by atoms with Crippen LogP contribution in [-0.2, 0) is 0 Å². The van der Waals surface area contributed by atoms with Crippen LogP contribution in [0.5, 0.6) is 11.5 Å². The Morgan fingerprint density at radius 2 is 1.54 bits per heavy atom. The summed E-state index contributed by atoms with van der Waals surface area (Å²) in [5.41, 5.74) is 2.21. The normalized spacial score (nSPS) is 14.2. The third kappa shape index (κ3) is 3.31. The van der Waals surface area contributed by atoms with Crippen molar-refractivity contribution in [2.24, 2.45) is 0 Å². The van der Waals surface area contributed by atoms with Crippen molar-refractivity contribution in [1.82, 2.24) is 14.9 Å². The molecule has 7 heteroatoms. The Labute approximate surface area is 163 Å². The molecule has 0 unspecified atom stereocenters. The molecule has 0 aliphatic carbocycles. The molecule has 0 atom stereocenters. The highest BCUT2D eigenvalue weighted by molar-refractivity contribution is 5.99. The van der Waals surface area contributed by atoms with Gasteiger partial charge in [0.05, 0.1) is 31.4 Å². The van der Waals surface area contributed by atoms with Crippen LogP contribution in [0.25, 0.3) is 11.0 Å². The highest BCUT2D eigenvalue weighted by Crippen LogP contribution is 2.30. The van der Waals surface area contributed by atoms with E-state index < -0.39 is 0 Å². The summed E-state index contributed by atoms with van der Waals surface area (Å²) >= 11 is 0. The summed E-state index contributed by atoms with van der Waals surface area (Å²) in [7, 11) is 3.11. The van der Waals surface area contributed by atoms with Gasteiger partial charge in [-0.1, -0.05) is 18.2 Å². The van der Waals surface area contributed by atoms with Crippen LogP contribution < -0.4 is 14.4 Å². The van der Waals surface area contributed by atoms with E-state index in [9.17, 15) is 4.79 Å². The zero-order chi connectivity index (χ0) is 19.5. The van der Waals surface area contributed by atoms with Crippen LogP contribution in [0, 0.1) is 0 Å². The number of para-hydroxylation sites is 2. The Kier molecular flexibility index (Phi) is 4.97. The number of benzene rings is 2. The van der Waals surface area contributed by atoms with Gasteiger partial charge in [-0.2, -0.15) is 0 Å². The van der Waals surface area contributed by atoms with Crippen molar-refractivity contribution < 1.29 is 14.3 Å². The lowest BCUT2D eigenvalue weighted by atomic mass is 10.1. The number of carbonyl (C=O) groups is 1. The number of carbonyl (C=O) groups excluding carboxylic acids is 1. The Balaban J connectivity index is 1.50. The summed E-state index contributed by atoms with van der Waals surface area (Å²) in [5.74, 6) is 1.79. The van der Waals surface area contributed by atoms with Crippen molar-refractivity contribution in [3.05, 3.63) is 54.2 Å². The van der Waals surface area contributed by atoms with Gasteiger partial charge in [-0.3, -0.25) is 9.78 Å². The summed E-state index contributed by atoms with van der Waals surface area (Å²) in [6.07, 6.45) is 1.79. The Morgan fingerprint density at radius 3 is 2.18 bits per heavy atom. The summed E-state index contributed by atoms with van der Waals surface area (Å²) in [5, 5.41) is 0. The molecule has 28 heavy (non-hydrogen) atoms. The minimum absolute atomic E-state index is 0.0847. The Morgan fingerprint density at radius 1 is 0.893 bits per heavy atom. The molecule has 0 radical (unpaired) electrons. The van der Waals surface area contributed by atoms with E-state index >= 15 is 0 Å². The molecule has 1 aromatic heterocycles. The first-order valence-electron chi connectivity index (χ1n) is 9.18. The largest absolute Gasteiger partial charge is 0.496 e. The van der Waals surface area contributed by atoms with E-state index in [4.69, 9.17) is 14.5 Å². The second-order valence-corrected chi connectivity index (χ2v) is 6.53. The first-order chi connectivity index (χ1) is 13.7. The molecule has 1 aliphatic heterocycles. The molecule has 3 aromatic rings. The first-order valence-corrected chi connectivity index (χ1v) is 9.18. The number of ether oxygens (including phenoxy) is 2. The number of piperazine rings is 1. The summed E-state index contributed by atoms with van der Waals surface area (Å²) in [6, 6.07) is 13.2. The highest BCUT2D eigenvalue weighted by Gasteiger charge is 2.27. The fourth-order valence-electron chi connectivity index (χ4n) is 3.46. The zero-order valence-electron chi connectivity index (χ0n) is 16.0. The number of rotatable bonds is 4. The quantitative estimate of drug-likeness (QED) is 0.695. The van der Waals surface area contributed by atoms with Gasteiger partial charge in [0.1, 0.15) is 22.9 Å². The number of aromatic nitrogens is 2. The van der Waals surface area contributed by atoms with Crippen molar-refractivity contribution in [2.75, 3.05) is 45.3 Å². The first kappa shape index (κ1) is 18.0. The van der Waals surface area contributed by atoms with Gasteiger partial charge in [-0.05, 0) is 24.3 Å². The molecule has 0 spiro atoms. The Bertz CT molecular complexity index is 978. The SMILES string of the molecule is COc1cccc(OC)c1C(=O)N1CCN(c2cnc3ccccc3n2)CC1. The third-order valence-corrected chi connectivity index (χ3v) is 4.97. The number of methoxy groups -OCH3 is 2. The van der Waals surface area contributed by atoms with E-state index in [0.717, 1.165) is 16.9 Å². The monoisotopic (exact) mass is 378 g/mol. The van der Waals surface area contributed by atoms with E-state index in [1.165, 1.54) is 0 Å². The molecule has 7 nitrogen and oxygen atoms in total. The molecule has 1 amide bonds. The average molecular weight is 378 g/mol. The molecule has 0 saturated carbocycles. The van der Waals surface area contributed by atoms with E-state index in [1.54, 1.807) is 32.5 Å². The second-order valence-electron chi connectivity index (χ2n) is 6.53. The fraction of sp³-hybridized carbons (Fsp3) is 0.286. The highest BCUT2D eigenvalue weighted by atomic mass is 16.5. The van der Waals surface area contributed by atoms with Crippen molar-refractivity contribution in [2.45, 2.75) is 0 Å². The lowest BCUT2D eigenvalue weighted by Crippen LogP contribution is -2.49. The summed E-state index contributed by atoms with van der Waals surface area (Å²) in [6.45, 7) is 2.57. The molecule has 0 N–H and O–H groups in total. The van der Waals surface area contributed by atoms with Crippen LogP contribution in [0.4, 0.5) is 5.82 Å². The number of fused-ring (bicyclic) bond motifs is 1. The van der Waals surface area contributed by atoms with Crippen molar-refractivity contribution in [3.8, 4) is 11.5 Å². The topological polar surface area (TPSA) is 67.8 Å². The van der Waals surface area contributed by atoms with Gasteiger partial charge in [0, 0.05) is 26.2 Å². The minimum Gasteiger partial charge on any atom is -0.496 e. The number of amides is 1. The standard InChI is InChI=1S/C21H22N4O3/c1-27-17-8-5-9-18(28-2)20(17)21(26)25-12-10-24(11-13-25)19-14-22-15-6-3-4-7-16(15)23-19/h3-9,14H,10-13H2,1-2H3. The molecular weight excluding hydrogens is 356 g/mol. The van der Waals surface area contributed by atoms with Gasteiger partial charge in [0.15, 0.2) is 0 Å². The predicted molar refractivity (Wildman–Crippen MR) is 107 cm³/mol. The fourth-order valence-corrected chi connectivity index (χ4v) is 3.46. The molecule has 1 fully saturated rings. The average Bonchev–Trinajstić information content (AvgIpc) is 2.77. The molecule has 4 rings (SSSR count). The number of nitrogens with zero attached hydrogens (tertiary/aromatic N) is 4. The third-order valence-electron chi connectivity index (χ3n) is 4.97. The van der Waals surface area contributed by atoms with Crippen molar-refractivity contribution >= 4 is 22.8 Å². The molecular formula is C21H22N4O3. The molecule has 0 bridgehead atoms. The maximum atomic E-state index is 13.1. The second kappa shape index (κ2) is 7.72. The van der Waals surface area contributed by atoms with Crippen LogP contribution in [-0.4, -0.2) is 61.2 Å². The summed E-state index contributed by atoms with van der Waals surface area (Å²) in [4.78, 5) is 26.3. The van der Waals surface area contributed by atoms with Gasteiger partial charge in [-0.25, -0.2) is 4.98 Å². The van der Waals surface area contributed by atoms with Gasteiger partial charge in [-0.15, -0.1) is 0 Å². The lowest BCUT2D eigenvalue weighted by Gasteiger charge is -2.35. The zero-order valence-corrected chi connectivity index (χ0v) is 16.0. The van der Waals surface area contributed by atoms with Gasteiger partial charge < -0.3 is 19.3 Å². The number of hydrogen-bond donors (Lipinski definition) is 0. The van der Waals surface area contributed by atoms with Crippen molar-refractivity contribution in [1.29, 1.82) is 0 Å². The number of hydrogen-bond acceptors (Lipinski definition) is 6. The molecule has 144 valence electrons. The predicted octanol–water partition coefficient (Wildman–Crippen LogP) is 2.61. The number of anilines is 1. The van der Waals surface area contributed by atoms with E-state index in [0.29, 0.717) is 43.2 Å². The van der Waals surface area contributed by atoms with E-state index in [1.807, 2.05) is 35.2 Å². The molecule has 1 aliphatic rings. The lowest BCUT2D eigenvalue weighted by molar-refractivity contribution is 0.0739. The smallest absolute Gasteiger partial charge is 0.261 e. The van der Waals surface area contributed by atoms with Gasteiger partial charge in [0.2, 0.25) is 0 Å². The van der Waals surface area contributed by atoms with E-state index in [2.05, 4.69) is 9.88 Å². The minimum atomic E-state index is -0.0847. The van der Waals surface area contributed by atoms with Crippen molar-refractivity contribution in [3.63, 3.8) is 0 Å². The van der Waals surface area contributed by atoms with E-state index in [-0.39, 0.29) is 5.91 Å². The van der Waals surface area contributed by atoms with Gasteiger partial charge >= 0.3 is 0 Å². The maximum Gasteiger partial charge on any atom is 0.261 e. The van der Waals surface area contributed by atoms with Gasteiger partial charge in [0.25, 0.3) is 5.91 Å². The van der Waals surface area contributed by atoms with Crippen LogP contribution in [0.3, 0.4) is 0 Å². The van der Waals surface area contributed by atoms with Crippen LogP contribution in [0.2, 0.25) is 0 Å². The van der Waals surface area contributed by atoms with Crippen LogP contribution >= 0.6 is 0 Å². The molecule has 2 aromatic carbocycles. The Hall–Kier alpha value is -3.35. The summed E-state index contributed by atoms with van der Waals surface area (Å²) < 4.78 is 10.7.